The molecule has 0 aliphatic heterocycles. The van der Waals surface area contributed by atoms with Crippen molar-refractivity contribution in [2.45, 2.75) is 19.8 Å². The monoisotopic (exact) mass is 344 g/mol. The second-order valence-corrected chi connectivity index (χ2v) is 6.01. The molecule has 2 N–H and O–H groups in total. The van der Waals surface area contributed by atoms with E-state index in [4.69, 9.17) is 9.84 Å². The molecule has 0 atom stereocenters. The fourth-order valence-electron chi connectivity index (χ4n) is 2.28. The van der Waals surface area contributed by atoms with Crippen molar-refractivity contribution in [2.24, 2.45) is 5.92 Å². The first-order valence-corrected chi connectivity index (χ1v) is 7.87. The van der Waals surface area contributed by atoms with Crippen LogP contribution in [0.1, 0.15) is 39.3 Å². The van der Waals surface area contributed by atoms with Gasteiger partial charge in [0.1, 0.15) is 11.6 Å². The van der Waals surface area contributed by atoms with Crippen LogP contribution < -0.4 is 10.1 Å². The first kappa shape index (κ1) is 16.9. The van der Waals surface area contributed by atoms with Crippen LogP contribution in [-0.2, 0) is 0 Å². The highest BCUT2D eigenvalue weighted by Crippen LogP contribution is 2.32. The third-order valence-electron chi connectivity index (χ3n) is 3.94. The maximum atomic E-state index is 13.5. The van der Waals surface area contributed by atoms with Crippen LogP contribution in [0, 0.1) is 18.7 Å². The Labute approximate surface area is 143 Å². The number of nitrogens with zero attached hydrogens (tertiary/aromatic N) is 1. The number of benzene rings is 1. The standard InChI is InChI=1S/C18H17FN2O4/c1-10-14(6-12(8-20-10)18(23)24)17(22)21-15-5-4-13(19)7-16(15)25-9-11-2-3-11/h4-8,11H,2-3,9H2,1H3,(H,21,22)(H,23,24). The SMILES string of the molecule is Cc1ncc(C(=O)O)cc1C(=O)Nc1ccc(F)cc1OCC1CC1. The number of carbonyl (C=O) groups excluding carboxylic acids is 1. The van der Waals surface area contributed by atoms with E-state index in [1.165, 1.54) is 30.5 Å². The van der Waals surface area contributed by atoms with Crippen molar-refractivity contribution in [3.63, 3.8) is 0 Å². The Kier molecular flexibility index (Phi) is 4.65. The molecule has 1 fully saturated rings. The number of nitrogens with one attached hydrogen (secondary N) is 1. The minimum Gasteiger partial charge on any atom is -0.491 e. The van der Waals surface area contributed by atoms with Gasteiger partial charge in [0.25, 0.3) is 5.91 Å². The Morgan fingerprint density at radius 2 is 2.12 bits per heavy atom. The third-order valence-corrected chi connectivity index (χ3v) is 3.94. The molecule has 3 rings (SSSR count). The zero-order chi connectivity index (χ0) is 18.0. The maximum Gasteiger partial charge on any atom is 0.337 e. The van der Waals surface area contributed by atoms with Crippen molar-refractivity contribution in [1.29, 1.82) is 0 Å². The summed E-state index contributed by atoms with van der Waals surface area (Å²) in [5, 5.41) is 11.7. The maximum absolute atomic E-state index is 13.5. The molecule has 1 amide bonds. The molecule has 7 heteroatoms. The van der Waals surface area contributed by atoms with E-state index in [-0.39, 0.29) is 16.9 Å². The number of amides is 1. The molecule has 1 heterocycles. The predicted octanol–water partition coefficient (Wildman–Crippen LogP) is 3.27. The van der Waals surface area contributed by atoms with Crippen molar-refractivity contribution in [3.8, 4) is 5.75 Å². The summed E-state index contributed by atoms with van der Waals surface area (Å²) in [5.74, 6) is -1.44. The number of anilines is 1. The van der Waals surface area contributed by atoms with Gasteiger partial charge in [-0.1, -0.05) is 0 Å². The van der Waals surface area contributed by atoms with Crippen LogP contribution in [0.25, 0.3) is 0 Å². The molecule has 0 spiro atoms. The zero-order valence-electron chi connectivity index (χ0n) is 13.6. The summed E-state index contributed by atoms with van der Waals surface area (Å²) in [5.41, 5.74) is 0.773. The number of carboxylic acid groups (broad SMARTS) is 1. The molecule has 1 aliphatic carbocycles. The van der Waals surface area contributed by atoms with Gasteiger partial charge in [-0.15, -0.1) is 0 Å². The van der Waals surface area contributed by atoms with Crippen molar-refractivity contribution >= 4 is 17.6 Å². The molecule has 1 aromatic heterocycles. The average molecular weight is 344 g/mol. The Morgan fingerprint density at radius 1 is 1.36 bits per heavy atom. The molecule has 2 aromatic rings. The van der Waals surface area contributed by atoms with Crippen molar-refractivity contribution in [1.82, 2.24) is 4.98 Å². The largest absolute Gasteiger partial charge is 0.491 e. The number of carboxylic acids is 1. The van der Waals surface area contributed by atoms with E-state index in [1.807, 2.05) is 0 Å². The normalized spacial score (nSPS) is 13.4. The highest BCUT2D eigenvalue weighted by Gasteiger charge is 2.23. The van der Waals surface area contributed by atoms with Gasteiger partial charge in [-0.25, -0.2) is 9.18 Å². The fraction of sp³-hybridized carbons (Fsp3) is 0.278. The minimum atomic E-state index is -1.17. The molecule has 0 saturated heterocycles. The Morgan fingerprint density at radius 3 is 2.80 bits per heavy atom. The number of rotatable bonds is 6. The van der Waals surface area contributed by atoms with Crippen LogP contribution in [0.4, 0.5) is 10.1 Å². The second kappa shape index (κ2) is 6.88. The van der Waals surface area contributed by atoms with Crippen LogP contribution >= 0.6 is 0 Å². The molecular formula is C18H17FN2O4. The topological polar surface area (TPSA) is 88.5 Å². The van der Waals surface area contributed by atoms with Gasteiger partial charge in [0, 0.05) is 12.3 Å². The number of aromatic nitrogens is 1. The van der Waals surface area contributed by atoms with Crippen LogP contribution in [0.3, 0.4) is 0 Å². The number of hydrogen-bond donors (Lipinski definition) is 2. The van der Waals surface area contributed by atoms with E-state index in [0.717, 1.165) is 12.8 Å². The third kappa shape index (κ3) is 4.12. The van der Waals surface area contributed by atoms with Gasteiger partial charge < -0.3 is 15.2 Å². The van der Waals surface area contributed by atoms with E-state index in [9.17, 15) is 14.0 Å². The van der Waals surface area contributed by atoms with Crippen LogP contribution in [0.15, 0.2) is 30.5 Å². The molecule has 1 saturated carbocycles. The number of ether oxygens (including phenoxy) is 1. The molecule has 6 nitrogen and oxygen atoms in total. The molecule has 130 valence electrons. The Balaban J connectivity index is 1.82. The number of hydrogen-bond acceptors (Lipinski definition) is 4. The van der Waals surface area contributed by atoms with Gasteiger partial charge in [0.05, 0.1) is 29.1 Å². The van der Waals surface area contributed by atoms with Crippen molar-refractivity contribution in [3.05, 3.63) is 53.1 Å². The molecule has 1 aliphatic rings. The number of halogens is 1. The molecule has 1 aromatic carbocycles. The van der Waals surface area contributed by atoms with Gasteiger partial charge in [0.2, 0.25) is 0 Å². The van der Waals surface area contributed by atoms with E-state index >= 15 is 0 Å². The molecule has 0 radical (unpaired) electrons. The second-order valence-electron chi connectivity index (χ2n) is 6.01. The zero-order valence-corrected chi connectivity index (χ0v) is 13.6. The Hall–Kier alpha value is -2.96. The van der Waals surface area contributed by atoms with Crippen molar-refractivity contribution in [2.75, 3.05) is 11.9 Å². The molecule has 0 unspecified atom stereocenters. The highest BCUT2D eigenvalue weighted by molar-refractivity contribution is 6.06. The summed E-state index contributed by atoms with van der Waals surface area (Å²) in [4.78, 5) is 27.5. The first-order valence-electron chi connectivity index (χ1n) is 7.87. The van der Waals surface area contributed by atoms with Gasteiger partial charge in [0.15, 0.2) is 0 Å². The first-order chi connectivity index (χ1) is 11.9. The summed E-state index contributed by atoms with van der Waals surface area (Å²) in [6, 6.07) is 5.11. The van der Waals surface area contributed by atoms with E-state index < -0.39 is 17.7 Å². The van der Waals surface area contributed by atoms with Gasteiger partial charge >= 0.3 is 5.97 Å². The van der Waals surface area contributed by atoms with Gasteiger partial charge in [-0.3, -0.25) is 9.78 Å². The lowest BCUT2D eigenvalue weighted by molar-refractivity contribution is 0.0696. The quantitative estimate of drug-likeness (QED) is 0.840. The van der Waals surface area contributed by atoms with Gasteiger partial charge in [-0.05, 0) is 43.9 Å². The van der Waals surface area contributed by atoms with E-state index in [2.05, 4.69) is 10.3 Å². The van der Waals surface area contributed by atoms with Crippen LogP contribution in [0.2, 0.25) is 0 Å². The van der Waals surface area contributed by atoms with Crippen LogP contribution in [0.5, 0.6) is 5.75 Å². The number of aryl methyl sites for hydroxylation is 1. The summed E-state index contributed by atoms with van der Waals surface area (Å²) < 4.78 is 19.1. The van der Waals surface area contributed by atoms with E-state index in [0.29, 0.717) is 23.9 Å². The minimum absolute atomic E-state index is 0.0833. The molecular weight excluding hydrogens is 327 g/mol. The highest BCUT2D eigenvalue weighted by atomic mass is 19.1. The summed E-state index contributed by atoms with van der Waals surface area (Å²) in [6.07, 6.45) is 3.37. The lowest BCUT2D eigenvalue weighted by Gasteiger charge is -2.13. The van der Waals surface area contributed by atoms with Crippen LogP contribution in [-0.4, -0.2) is 28.6 Å². The van der Waals surface area contributed by atoms with Gasteiger partial charge in [-0.2, -0.15) is 0 Å². The number of carbonyl (C=O) groups is 2. The van der Waals surface area contributed by atoms with E-state index in [1.54, 1.807) is 6.92 Å². The Bertz CT molecular complexity index is 834. The molecule has 25 heavy (non-hydrogen) atoms. The summed E-state index contributed by atoms with van der Waals surface area (Å²) >= 11 is 0. The van der Waals surface area contributed by atoms with Crippen molar-refractivity contribution < 1.29 is 23.8 Å². The predicted molar refractivity (Wildman–Crippen MR) is 88.5 cm³/mol. The molecule has 0 bridgehead atoms. The summed E-state index contributed by atoms with van der Waals surface area (Å²) in [7, 11) is 0. The lowest BCUT2D eigenvalue weighted by atomic mass is 10.1. The fourth-order valence-corrected chi connectivity index (χ4v) is 2.28. The number of aromatic carboxylic acids is 1. The smallest absolute Gasteiger partial charge is 0.337 e. The number of pyridine rings is 1. The summed E-state index contributed by atoms with van der Waals surface area (Å²) in [6.45, 7) is 2.08. The lowest BCUT2D eigenvalue weighted by Crippen LogP contribution is -2.16. The average Bonchev–Trinajstić information content (AvgIpc) is 3.39.